The summed E-state index contributed by atoms with van der Waals surface area (Å²) in [6.45, 7) is 9.62. The smallest absolute Gasteiger partial charge is 0.123 e. The quantitative estimate of drug-likeness (QED) is 0.886. The van der Waals surface area contributed by atoms with Gasteiger partial charge < -0.3 is 10.5 Å². The fourth-order valence-electron chi connectivity index (χ4n) is 2.64. The average molecular weight is 247 g/mol. The van der Waals surface area contributed by atoms with Gasteiger partial charge in [-0.15, -0.1) is 0 Å². The van der Waals surface area contributed by atoms with Crippen LogP contribution in [0.4, 0.5) is 0 Å². The SMILES string of the molecule is Cc1ccc2c(c1)CC(CC(C)(CN)C(C)C)O2. The van der Waals surface area contributed by atoms with E-state index in [1.54, 1.807) is 0 Å². The molecular weight excluding hydrogens is 222 g/mol. The Morgan fingerprint density at radius 2 is 2.17 bits per heavy atom. The lowest BCUT2D eigenvalue weighted by Crippen LogP contribution is -2.37. The fraction of sp³-hybridized carbons (Fsp3) is 0.625. The van der Waals surface area contributed by atoms with Crippen molar-refractivity contribution in [3.8, 4) is 5.75 Å². The number of fused-ring (bicyclic) bond motifs is 1. The van der Waals surface area contributed by atoms with E-state index in [1.165, 1.54) is 11.1 Å². The third-order valence-electron chi connectivity index (χ3n) is 4.51. The van der Waals surface area contributed by atoms with E-state index >= 15 is 0 Å². The number of ether oxygens (including phenoxy) is 1. The molecule has 0 bridgehead atoms. The van der Waals surface area contributed by atoms with E-state index in [0.29, 0.717) is 5.92 Å². The summed E-state index contributed by atoms with van der Waals surface area (Å²) in [6.07, 6.45) is 2.35. The van der Waals surface area contributed by atoms with E-state index in [-0.39, 0.29) is 11.5 Å². The van der Waals surface area contributed by atoms with E-state index in [0.717, 1.165) is 25.1 Å². The van der Waals surface area contributed by atoms with Crippen molar-refractivity contribution in [2.75, 3.05) is 6.54 Å². The van der Waals surface area contributed by atoms with Crippen molar-refractivity contribution in [3.63, 3.8) is 0 Å². The van der Waals surface area contributed by atoms with Gasteiger partial charge in [0.1, 0.15) is 11.9 Å². The zero-order chi connectivity index (χ0) is 13.3. The fourth-order valence-corrected chi connectivity index (χ4v) is 2.64. The molecule has 0 saturated heterocycles. The van der Waals surface area contributed by atoms with E-state index in [1.807, 2.05) is 0 Å². The number of nitrogens with two attached hydrogens (primary N) is 1. The van der Waals surface area contributed by atoms with Crippen LogP contribution >= 0.6 is 0 Å². The molecule has 2 rings (SSSR count). The van der Waals surface area contributed by atoms with Crippen LogP contribution in [0.3, 0.4) is 0 Å². The first-order chi connectivity index (χ1) is 8.44. The predicted molar refractivity (Wildman–Crippen MR) is 75.9 cm³/mol. The molecule has 2 N–H and O–H groups in total. The van der Waals surface area contributed by atoms with Gasteiger partial charge in [0.25, 0.3) is 0 Å². The summed E-state index contributed by atoms with van der Waals surface area (Å²) in [5.41, 5.74) is 8.79. The van der Waals surface area contributed by atoms with E-state index < -0.39 is 0 Å². The molecule has 1 aliphatic heterocycles. The molecule has 2 heteroatoms. The molecule has 0 saturated carbocycles. The van der Waals surface area contributed by atoms with Gasteiger partial charge in [-0.25, -0.2) is 0 Å². The van der Waals surface area contributed by atoms with Gasteiger partial charge in [0, 0.05) is 6.42 Å². The van der Waals surface area contributed by atoms with Gasteiger partial charge in [0.15, 0.2) is 0 Å². The van der Waals surface area contributed by atoms with Crippen molar-refractivity contribution >= 4 is 0 Å². The average Bonchev–Trinajstić information content (AvgIpc) is 2.69. The normalized spacial score (nSPS) is 21.6. The van der Waals surface area contributed by atoms with E-state index in [2.05, 4.69) is 45.9 Å². The zero-order valence-electron chi connectivity index (χ0n) is 12.0. The maximum atomic E-state index is 6.05. The molecule has 2 atom stereocenters. The van der Waals surface area contributed by atoms with Gasteiger partial charge in [-0.1, -0.05) is 38.5 Å². The Morgan fingerprint density at radius 3 is 2.78 bits per heavy atom. The standard InChI is InChI=1S/C16H25NO/c1-11(2)16(4,10-17)9-14-8-13-7-12(3)5-6-15(13)18-14/h5-7,11,14H,8-10,17H2,1-4H3. The number of rotatable bonds is 4. The Morgan fingerprint density at radius 1 is 1.44 bits per heavy atom. The minimum atomic E-state index is 0.168. The number of hydrogen-bond acceptors (Lipinski definition) is 2. The molecule has 1 aromatic rings. The molecule has 18 heavy (non-hydrogen) atoms. The lowest BCUT2D eigenvalue weighted by atomic mass is 9.74. The molecule has 0 spiro atoms. The summed E-state index contributed by atoms with van der Waals surface area (Å²) in [4.78, 5) is 0. The summed E-state index contributed by atoms with van der Waals surface area (Å²) in [6, 6.07) is 6.45. The van der Waals surface area contributed by atoms with Crippen LogP contribution in [0.1, 0.15) is 38.3 Å². The van der Waals surface area contributed by atoms with Gasteiger partial charge in [-0.3, -0.25) is 0 Å². The summed E-state index contributed by atoms with van der Waals surface area (Å²) in [5, 5.41) is 0. The van der Waals surface area contributed by atoms with Crippen molar-refractivity contribution in [1.82, 2.24) is 0 Å². The monoisotopic (exact) mass is 247 g/mol. The van der Waals surface area contributed by atoms with Crippen LogP contribution in [0, 0.1) is 18.3 Å². The Balaban J connectivity index is 2.07. The zero-order valence-corrected chi connectivity index (χ0v) is 12.0. The van der Waals surface area contributed by atoms with Crippen molar-refractivity contribution in [1.29, 1.82) is 0 Å². The molecule has 0 amide bonds. The van der Waals surface area contributed by atoms with Crippen LogP contribution in [-0.2, 0) is 6.42 Å². The Bertz CT molecular complexity index is 427. The van der Waals surface area contributed by atoms with Gasteiger partial charge in [0.2, 0.25) is 0 Å². The Hall–Kier alpha value is -1.02. The number of benzene rings is 1. The minimum Gasteiger partial charge on any atom is -0.490 e. The van der Waals surface area contributed by atoms with Gasteiger partial charge in [-0.2, -0.15) is 0 Å². The Kier molecular flexibility index (Phi) is 3.67. The van der Waals surface area contributed by atoms with Crippen LogP contribution in [0.2, 0.25) is 0 Å². The van der Waals surface area contributed by atoms with E-state index in [4.69, 9.17) is 10.5 Å². The number of hydrogen-bond donors (Lipinski definition) is 1. The van der Waals surface area contributed by atoms with Crippen molar-refractivity contribution in [2.24, 2.45) is 17.1 Å². The third kappa shape index (κ3) is 2.54. The third-order valence-corrected chi connectivity index (χ3v) is 4.51. The molecule has 0 aromatic heterocycles. The minimum absolute atomic E-state index is 0.168. The molecule has 1 heterocycles. The molecule has 0 radical (unpaired) electrons. The predicted octanol–water partition coefficient (Wildman–Crippen LogP) is 3.31. The lowest BCUT2D eigenvalue weighted by Gasteiger charge is -2.34. The van der Waals surface area contributed by atoms with Gasteiger partial charge in [0.05, 0.1) is 0 Å². The first-order valence-corrected chi connectivity index (χ1v) is 6.91. The molecule has 2 nitrogen and oxygen atoms in total. The molecule has 1 aromatic carbocycles. The number of aryl methyl sites for hydroxylation is 1. The highest BCUT2D eigenvalue weighted by atomic mass is 16.5. The first kappa shape index (κ1) is 13.4. The maximum Gasteiger partial charge on any atom is 0.123 e. The van der Waals surface area contributed by atoms with Crippen LogP contribution in [0.15, 0.2) is 18.2 Å². The highest BCUT2D eigenvalue weighted by Gasteiger charge is 2.34. The molecule has 0 aliphatic carbocycles. The van der Waals surface area contributed by atoms with Gasteiger partial charge >= 0.3 is 0 Å². The topological polar surface area (TPSA) is 35.2 Å². The lowest BCUT2D eigenvalue weighted by molar-refractivity contribution is 0.114. The second kappa shape index (κ2) is 4.93. The maximum absolute atomic E-state index is 6.05. The summed E-state index contributed by atoms with van der Waals surface area (Å²) in [7, 11) is 0. The summed E-state index contributed by atoms with van der Waals surface area (Å²) >= 11 is 0. The van der Waals surface area contributed by atoms with Crippen LogP contribution in [0.5, 0.6) is 5.75 Å². The van der Waals surface area contributed by atoms with Crippen LogP contribution < -0.4 is 10.5 Å². The second-order valence-corrected chi connectivity index (χ2v) is 6.27. The van der Waals surface area contributed by atoms with Crippen molar-refractivity contribution in [3.05, 3.63) is 29.3 Å². The van der Waals surface area contributed by atoms with E-state index in [9.17, 15) is 0 Å². The largest absolute Gasteiger partial charge is 0.490 e. The highest BCUT2D eigenvalue weighted by Crippen LogP contribution is 2.37. The molecule has 0 fully saturated rings. The van der Waals surface area contributed by atoms with Crippen LogP contribution in [-0.4, -0.2) is 12.6 Å². The molecular formula is C16H25NO. The summed E-state index contributed by atoms with van der Waals surface area (Å²) < 4.78 is 6.05. The molecule has 2 unspecified atom stereocenters. The molecule has 1 aliphatic rings. The first-order valence-electron chi connectivity index (χ1n) is 6.91. The second-order valence-electron chi connectivity index (χ2n) is 6.27. The van der Waals surface area contributed by atoms with Gasteiger partial charge in [-0.05, 0) is 42.9 Å². The van der Waals surface area contributed by atoms with Crippen LogP contribution in [0.25, 0.3) is 0 Å². The highest BCUT2D eigenvalue weighted by molar-refractivity contribution is 5.40. The summed E-state index contributed by atoms with van der Waals surface area (Å²) in [5.74, 6) is 1.64. The van der Waals surface area contributed by atoms with Crippen molar-refractivity contribution in [2.45, 2.75) is 46.6 Å². The Labute approximate surface area is 111 Å². The molecule has 100 valence electrons. The van der Waals surface area contributed by atoms with Crippen molar-refractivity contribution < 1.29 is 4.74 Å².